The largest absolute Gasteiger partial charge is 0.343 e. The van der Waals surface area contributed by atoms with Crippen LogP contribution < -0.4 is 5.32 Å². The highest BCUT2D eigenvalue weighted by atomic mass is 32.2. The van der Waals surface area contributed by atoms with Gasteiger partial charge < -0.3 is 9.88 Å². The molecule has 0 fully saturated rings. The van der Waals surface area contributed by atoms with Crippen LogP contribution in [0.25, 0.3) is 22.4 Å². The van der Waals surface area contributed by atoms with Gasteiger partial charge in [-0.3, -0.25) is 4.79 Å². The molecule has 0 saturated carbocycles. The molecule has 0 aliphatic carbocycles. The monoisotopic (exact) mass is 426 g/mol. The molecule has 0 saturated heterocycles. The van der Waals surface area contributed by atoms with Crippen molar-refractivity contribution in [1.82, 2.24) is 4.57 Å². The van der Waals surface area contributed by atoms with Gasteiger partial charge in [0.05, 0.1) is 5.56 Å². The Hall–Kier alpha value is -3.24. The van der Waals surface area contributed by atoms with Crippen LogP contribution in [0.3, 0.4) is 0 Å². The summed E-state index contributed by atoms with van der Waals surface area (Å²) in [5, 5.41) is 3.07. The van der Waals surface area contributed by atoms with Crippen molar-refractivity contribution in [2.24, 2.45) is 0 Å². The van der Waals surface area contributed by atoms with E-state index < -0.39 is 0 Å². The lowest BCUT2D eigenvalue weighted by atomic mass is 10.1. The topological polar surface area (TPSA) is 34.0 Å². The van der Waals surface area contributed by atoms with Gasteiger partial charge >= 0.3 is 0 Å². The number of thioether (sulfide) groups is 1. The standard InChI is InChI=1S/C27H26N2OS/c1-20-25(19-26(29(20)17-18-31-2)23-11-7-4-8-12-23)27(30)28-24-15-13-22(14-16-24)21-9-5-3-6-10-21/h3-16,19H,17-18H2,1-2H3,(H,28,30). The third-order valence-electron chi connectivity index (χ3n) is 5.45. The van der Waals surface area contributed by atoms with Crippen LogP contribution in [0, 0.1) is 6.92 Å². The van der Waals surface area contributed by atoms with Gasteiger partial charge in [0, 0.05) is 29.4 Å². The quantitative estimate of drug-likeness (QED) is 0.355. The van der Waals surface area contributed by atoms with Crippen LogP contribution in [0.15, 0.2) is 91.0 Å². The number of carbonyl (C=O) groups excluding carboxylic acids is 1. The molecule has 1 aromatic heterocycles. The van der Waals surface area contributed by atoms with Gasteiger partial charge in [-0.15, -0.1) is 0 Å². The number of amides is 1. The molecule has 0 spiro atoms. The molecule has 0 atom stereocenters. The summed E-state index contributed by atoms with van der Waals surface area (Å²) >= 11 is 1.81. The summed E-state index contributed by atoms with van der Waals surface area (Å²) < 4.78 is 2.25. The zero-order valence-corrected chi connectivity index (χ0v) is 18.7. The molecule has 0 aliphatic heterocycles. The minimum Gasteiger partial charge on any atom is -0.343 e. The molecule has 1 amide bonds. The molecule has 156 valence electrons. The van der Waals surface area contributed by atoms with Crippen molar-refractivity contribution >= 4 is 23.4 Å². The lowest BCUT2D eigenvalue weighted by Gasteiger charge is -2.11. The molecule has 1 N–H and O–H groups in total. The fraction of sp³-hybridized carbons (Fsp3) is 0.148. The Balaban J connectivity index is 1.59. The summed E-state index contributed by atoms with van der Waals surface area (Å²) in [6.07, 6.45) is 2.10. The molecule has 1 heterocycles. The van der Waals surface area contributed by atoms with Gasteiger partial charge in [0.15, 0.2) is 0 Å². The Morgan fingerprint density at radius 1 is 0.839 bits per heavy atom. The van der Waals surface area contributed by atoms with Crippen LogP contribution in [0.2, 0.25) is 0 Å². The summed E-state index contributed by atoms with van der Waals surface area (Å²) in [5.74, 6) is 0.919. The van der Waals surface area contributed by atoms with E-state index in [0.29, 0.717) is 5.56 Å². The summed E-state index contributed by atoms with van der Waals surface area (Å²) in [4.78, 5) is 13.1. The van der Waals surface area contributed by atoms with Gasteiger partial charge in [0.1, 0.15) is 0 Å². The van der Waals surface area contributed by atoms with Crippen molar-refractivity contribution in [3.05, 3.63) is 102 Å². The summed E-state index contributed by atoms with van der Waals surface area (Å²) in [7, 11) is 0. The second-order valence-electron chi connectivity index (χ2n) is 7.44. The Morgan fingerprint density at radius 3 is 2.03 bits per heavy atom. The minimum atomic E-state index is -0.0787. The van der Waals surface area contributed by atoms with Gasteiger partial charge in [-0.2, -0.15) is 11.8 Å². The molecule has 0 unspecified atom stereocenters. The van der Waals surface area contributed by atoms with E-state index in [1.807, 2.05) is 85.4 Å². The van der Waals surface area contributed by atoms with Crippen molar-refractivity contribution in [1.29, 1.82) is 0 Å². The fourth-order valence-electron chi connectivity index (χ4n) is 3.77. The first-order chi connectivity index (χ1) is 15.2. The Morgan fingerprint density at radius 2 is 1.42 bits per heavy atom. The zero-order valence-electron chi connectivity index (χ0n) is 17.8. The number of nitrogens with one attached hydrogen (secondary N) is 1. The maximum absolute atomic E-state index is 13.1. The number of rotatable bonds is 7. The van der Waals surface area contributed by atoms with Gasteiger partial charge in [0.25, 0.3) is 5.91 Å². The van der Waals surface area contributed by atoms with Crippen molar-refractivity contribution in [2.45, 2.75) is 13.5 Å². The number of benzene rings is 3. The van der Waals surface area contributed by atoms with Crippen LogP contribution in [-0.2, 0) is 6.54 Å². The van der Waals surface area contributed by atoms with Gasteiger partial charge in [-0.25, -0.2) is 0 Å². The number of anilines is 1. The van der Waals surface area contributed by atoms with Crippen LogP contribution in [-0.4, -0.2) is 22.5 Å². The van der Waals surface area contributed by atoms with Crippen molar-refractivity contribution in [3.8, 4) is 22.4 Å². The average molecular weight is 427 g/mol. The second-order valence-corrected chi connectivity index (χ2v) is 8.42. The third-order valence-corrected chi connectivity index (χ3v) is 6.04. The molecule has 0 bridgehead atoms. The minimum absolute atomic E-state index is 0.0787. The normalized spacial score (nSPS) is 10.8. The van der Waals surface area contributed by atoms with Gasteiger partial charge in [0.2, 0.25) is 0 Å². The molecule has 31 heavy (non-hydrogen) atoms. The summed E-state index contributed by atoms with van der Waals surface area (Å²) in [6, 6.07) is 30.5. The number of carbonyl (C=O) groups is 1. The first-order valence-corrected chi connectivity index (χ1v) is 11.8. The summed E-state index contributed by atoms with van der Waals surface area (Å²) in [5.41, 5.74) is 6.99. The molecular formula is C27H26N2OS. The highest BCUT2D eigenvalue weighted by Gasteiger charge is 2.18. The highest BCUT2D eigenvalue weighted by molar-refractivity contribution is 7.98. The number of hydrogen-bond acceptors (Lipinski definition) is 2. The smallest absolute Gasteiger partial charge is 0.257 e. The van der Waals surface area contributed by atoms with Gasteiger partial charge in [-0.1, -0.05) is 72.8 Å². The van der Waals surface area contributed by atoms with Crippen LogP contribution in [0.4, 0.5) is 5.69 Å². The second kappa shape index (κ2) is 9.71. The van der Waals surface area contributed by atoms with Crippen molar-refractivity contribution in [2.75, 3.05) is 17.3 Å². The van der Waals surface area contributed by atoms with E-state index in [-0.39, 0.29) is 5.91 Å². The first kappa shape index (κ1) is 21.0. The Labute approximate surface area is 188 Å². The number of nitrogens with zero attached hydrogens (tertiary/aromatic N) is 1. The summed E-state index contributed by atoms with van der Waals surface area (Å²) in [6.45, 7) is 2.90. The molecule has 0 aliphatic rings. The molecule has 4 rings (SSSR count). The van der Waals surface area contributed by atoms with Crippen LogP contribution in [0.5, 0.6) is 0 Å². The first-order valence-electron chi connectivity index (χ1n) is 10.4. The molecule has 3 aromatic carbocycles. The predicted octanol–water partition coefficient (Wildman–Crippen LogP) is 6.75. The maximum Gasteiger partial charge on any atom is 0.257 e. The van der Waals surface area contributed by atoms with E-state index >= 15 is 0 Å². The van der Waals surface area contributed by atoms with Crippen molar-refractivity contribution < 1.29 is 4.79 Å². The maximum atomic E-state index is 13.1. The van der Waals surface area contributed by atoms with Crippen LogP contribution in [0.1, 0.15) is 16.1 Å². The lowest BCUT2D eigenvalue weighted by molar-refractivity contribution is 0.102. The van der Waals surface area contributed by atoms with E-state index in [2.05, 4.69) is 40.4 Å². The fourth-order valence-corrected chi connectivity index (χ4v) is 4.13. The van der Waals surface area contributed by atoms with E-state index in [4.69, 9.17) is 0 Å². The highest BCUT2D eigenvalue weighted by Crippen LogP contribution is 2.27. The van der Waals surface area contributed by atoms with Crippen molar-refractivity contribution in [3.63, 3.8) is 0 Å². The number of hydrogen-bond donors (Lipinski definition) is 1. The molecule has 4 heteroatoms. The predicted molar refractivity (Wildman–Crippen MR) is 133 cm³/mol. The molecule has 3 nitrogen and oxygen atoms in total. The average Bonchev–Trinajstić information content (AvgIpc) is 3.15. The van der Waals surface area contributed by atoms with Gasteiger partial charge in [-0.05, 0) is 48.1 Å². The lowest BCUT2D eigenvalue weighted by Crippen LogP contribution is -2.13. The Bertz CT molecular complexity index is 1150. The molecular weight excluding hydrogens is 400 g/mol. The van der Waals surface area contributed by atoms with Crippen LogP contribution >= 0.6 is 11.8 Å². The SMILES string of the molecule is CSCCn1c(-c2ccccc2)cc(C(=O)Nc2ccc(-c3ccccc3)cc2)c1C. The van der Waals surface area contributed by atoms with E-state index in [1.165, 1.54) is 0 Å². The third kappa shape index (κ3) is 4.75. The van der Waals surface area contributed by atoms with E-state index in [1.54, 1.807) is 0 Å². The zero-order chi connectivity index (χ0) is 21.6. The molecule has 0 radical (unpaired) electrons. The number of aromatic nitrogens is 1. The Kier molecular flexibility index (Phi) is 6.58. The molecule has 4 aromatic rings. The van der Waals surface area contributed by atoms with E-state index in [0.717, 1.165) is 46.1 Å². The van der Waals surface area contributed by atoms with E-state index in [9.17, 15) is 4.79 Å².